The van der Waals surface area contributed by atoms with Crippen LogP contribution in [-0.4, -0.2) is 61.5 Å². The van der Waals surface area contributed by atoms with E-state index >= 15 is 0 Å². The number of pyridine rings is 1. The first-order valence-corrected chi connectivity index (χ1v) is 14.3. The Morgan fingerprint density at radius 2 is 1.88 bits per heavy atom. The highest BCUT2D eigenvalue weighted by Gasteiger charge is 2.71. The lowest BCUT2D eigenvalue weighted by atomic mass is 9.88. The van der Waals surface area contributed by atoms with Crippen LogP contribution in [0.4, 0.5) is 39.0 Å². The fourth-order valence-corrected chi connectivity index (χ4v) is 6.46. The molecular formula is C25H27F5N4O5S. The van der Waals surface area contributed by atoms with E-state index in [0.717, 1.165) is 4.57 Å². The van der Waals surface area contributed by atoms with Crippen LogP contribution in [0.25, 0.3) is 0 Å². The van der Waals surface area contributed by atoms with Crippen LogP contribution in [0.5, 0.6) is 0 Å². The second-order valence-corrected chi connectivity index (χ2v) is 12.5. The number of sulfonamides is 1. The molecule has 2 heterocycles. The van der Waals surface area contributed by atoms with Gasteiger partial charge in [0.15, 0.2) is 0 Å². The van der Waals surface area contributed by atoms with E-state index in [0.29, 0.717) is 0 Å². The van der Waals surface area contributed by atoms with Crippen molar-refractivity contribution in [3.05, 3.63) is 52.4 Å². The van der Waals surface area contributed by atoms with Gasteiger partial charge in [-0.25, -0.2) is 17.2 Å². The molecule has 2 aliphatic carbocycles. The van der Waals surface area contributed by atoms with Crippen LogP contribution in [0.15, 0.2) is 41.3 Å². The molecule has 2 saturated carbocycles. The van der Waals surface area contributed by atoms with Crippen LogP contribution < -0.4 is 20.5 Å². The minimum atomic E-state index is -4.36. The largest absolute Gasteiger partial charge is 0.395 e. The summed E-state index contributed by atoms with van der Waals surface area (Å²) in [5.41, 5.74) is -2.43. The Bertz CT molecular complexity index is 1490. The number of amides is 1. The third-order valence-electron chi connectivity index (χ3n) is 7.97. The van der Waals surface area contributed by atoms with Gasteiger partial charge in [0.05, 0.1) is 34.7 Å². The highest BCUT2D eigenvalue weighted by atomic mass is 32.2. The summed E-state index contributed by atoms with van der Waals surface area (Å²) in [6.07, 6.45) is -4.25. The van der Waals surface area contributed by atoms with Crippen LogP contribution in [0.2, 0.25) is 0 Å². The average molecular weight is 591 g/mol. The first-order chi connectivity index (χ1) is 18.6. The molecule has 5 rings (SSSR count). The lowest BCUT2D eigenvalue weighted by Gasteiger charge is -2.36. The predicted molar refractivity (Wildman–Crippen MR) is 136 cm³/mol. The van der Waals surface area contributed by atoms with Crippen molar-refractivity contribution in [3.8, 4) is 0 Å². The quantitative estimate of drug-likeness (QED) is 0.405. The molecule has 3 fully saturated rings. The highest BCUT2D eigenvalue weighted by molar-refractivity contribution is 7.92. The number of rotatable bonds is 8. The molecule has 0 spiro atoms. The molecule has 15 heteroatoms. The standard InChI is InChI=1S/C25H27F5N4O5S/c26-24(27)12-17(13-24)34-6-1-2-19(22(34)37)31-21(36)18-4-3-16(32-40(38,39)9-8-35)10-20(18)33-7-5-23(25(28,29)30)11-15(23)14-33/h1-4,6,10,15,17,32,35H,5,7-9,11-14H2,(H,31,36)/t15-,23+/m1/s1. The number of carbonyl (C=O) groups is 1. The Hall–Kier alpha value is -3.20. The van der Waals surface area contributed by atoms with E-state index in [1.165, 1.54) is 36.5 Å². The number of carbonyl (C=O) groups excluding carboxylic acids is 1. The number of anilines is 3. The smallest absolute Gasteiger partial charge is 0.394 e. The van der Waals surface area contributed by atoms with E-state index in [9.17, 15) is 40.0 Å². The van der Waals surface area contributed by atoms with Crippen LogP contribution in [0.1, 0.15) is 42.1 Å². The zero-order chi connectivity index (χ0) is 29.1. The van der Waals surface area contributed by atoms with Gasteiger partial charge in [-0.05, 0) is 49.1 Å². The van der Waals surface area contributed by atoms with Gasteiger partial charge in [-0.3, -0.25) is 14.3 Å². The van der Waals surface area contributed by atoms with E-state index in [1.807, 2.05) is 0 Å². The number of alkyl halides is 5. The molecule has 218 valence electrons. The maximum atomic E-state index is 13.6. The first kappa shape index (κ1) is 28.3. The summed E-state index contributed by atoms with van der Waals surface area (Å²) >= 11 is 0. The van der Waals surface area contributed by atoms with E-state index in [2.05, 4.69) is 10.0 Å². The lowest BCUT2D eigenvalue weighted by Crippen LogP contribution is -2.42. The van der Waals surface area contributed by atoms with Crippen molar-refractivity contribution >= 4 is 33.0 Å². The van der Waals surface area contributed by atoms with Gasteiger partial charge in [0, 0.05) is 38.2 Å². The minimum Gasteiger partial charge on any atom is -0.395 e. The zero-order valence-electron chi connectivity index (χ0n) is 21.0. The Labute approximate surface area is 226 Å². The highest BCUT2D eigenvalue weighted by Crippen LogP contribution is 2.66. The summed E-state index contributed by atoms with van der Waals surface area (Å²) in [7, 11) is -3.93. The summed E-state index contributed by atoms with van der Waals surface area (Å²) in [5.74, 6) is -4.92. The molecule has 2 atom stereocenters. The van der Waals surface area contributed by atoms with Gasteiger partial charge in [0.1, 0.15) is 5.69 Å². The van der Waals surface area contributed by atoms with E-state index in [-0.39, 0.29) is 48.6 Å². The van der Waals surface area contributed by atoms with Gasteiger partial charge in [-0.15, -0.1) is 0 Å². The molecule has 1 aliphatic heterocycles. The Morgan fingerprint density at radius 1 is 1.15 bits per heavy atom. The second-order valence-electron chi connectivity index (χ2n) is 10.6. The van der Waals surface area contributed by atoms with Gasteiger partial charge in [-0.1, -0.05) is 0 Å². The SMILES string of the molecule is O=C(Nc1cccn(C2CC(F)(F)C2)c1=O)c1ccc(NS(=O)(=O)CCO)cc1N1CC[C@]2(C(F)(F)F)C[C@@H]2C1. The molecule has 1 aromatic carbocycles. The molecular weight excluding hydrogens is 563 g/mol. The molecule has 3 aliphatic rings. The van der Waals surface area contributed by atoms with Crippen molar-refractivity contribution in [1.82, 2.24) is 4.57 Å². The van der Waals surface area contributed by atoms with E-state index < -0.39 is 76.2 Å². The summed E-state index contributed by atoms with van der Waals surface area (Å²) in [6.45, 7) is -0.694. The summed E-state index contributed by atoms with van der Waals surface area (Å²) < 4.78 is 95.3. The first-order valence-electron chi connectivity index (χ1n) is 12.6. The van der Waals surface area contributed by atoms with Crippen molar-refractivity contribution in [2.45, 2.75) is 43.8 Å². The molecule has 3 N–H and O–H groups in total. The zero-order valence-corrected chi connectivity index (χ0v) is 21.9. The molecule has 1 saturated heterocycles. The Morgan fingerprint density at radius 3 is 2.50 bits per heavy atom. The molecule has 0 radical (unpaired) electrons. The molecule has 0 unspecified atom stereocenters. The molecule has 40 heavy (non-hydrogen) atoms. The monoisotopic (exact) mass is 590 g/mol. The van der Waals surface area contributed by atoms with Crippen LogP contribution in [0.3, 0.4) is 0 Å². The number of halogens is 5. The number of nitrogens with one attached hydrogen (secondary N) is 2. The molecule has 9 nitrogen and oxygen atoms in total. The van der Waals surface area contributed by atoms with Crippen LogP contribution in [-0.2, 0) is 10.0 Å². The van der Waals surface area contributed by atoms with Crippen molar-refractivity contribution in [1.29, 1.82) is 0 Å². The molecule has 2 aromatic rings. The number of aromatic nitrogens is 1. The maximum absolute atomic E-state index is 13.6. The van der Waals surface area contributed by atoms with Crippen molar-refractivity contribution in [2.75, 3.05) is 40.4 Å². The Kier molecular flexibility index (Phi) is 6.88. The number of hydrogen-bond acceptors (Lipinski definition) is 6. The minimum absolute atomic E-state index is 0.0132. The van der Waals surface area contributed by atoms with Gasteiger partial charge in [-0.2, -0.15) is 13.2 Å². The van der Waals surface area contributed by atoms with Gasteiger partial charge >= 0.3 is 6.18 Å². The summed E-state index contributed by atoms with van der Waals surface area (Å²) in [5, 5.41) is 11.5. The maximum Gasteiger partial charge on any atom is 0.394 e. The number of aliphatic hydroxyl groups is 1. The Balaban J connectivity index is 1.43. The van der Waals surface area contributed by atoms with Crippen LogP contribution in [0, 0.1) is 11.3 Å². The number of benzene rings is 1. The normalized spacial score (nSPS) is 24.1. The average Bonchev–Trinajstić information content (AvgIpc) is 3.59. The fraction of sp³-hybridized carbons (Fsp3) is 0.520. The van der Waals surface area contributed by atoms with Crippen molar-refractivity contribution < 1.29 is 40.3 Å². The number of aliphatic hydroxyl groups excluding tert-OH is 1. The fourth-order valence-electron chi connectivity index (χ4n) is 5.63. The molecule has 1 amide bonds. The topological polar surface area (TPSA) is 121 Å². The number of nitrogens with zero attached hydrogens (tertiary/aromatic N) is 2. The third-order valence-corrected chi connectivity index (χ3v) is 9.23. The van der Waals surface area contributed by atoms with Gasteiger partial charge in [0.25, 0.3) is 17.4 Å². The number of fused-ring (bicyclic) bond motifs is 1. The van der Waals surface area contributed by atoms with Gasteiger partial charge < -0.3 is 19.9 Å². The van der Waals surface area contributed by atoms with Crippen molar-refractivity contribution in [3.63, 3.8) is 0 Å². The van der Waals surface area contributed by atoms with E-state index in [4.69, 9.17) is 5.11 Å². The summed E-state index contributed by atoms with van der Waals surface area (Å²) in [6, 6.07) is 5.92. The van der Waals surface area contributed by atoms with E-state index in [1.54, 1.807) is 4.90 Å². The lowest BCUT2D eigenvalue weighted by molar-refractivity contribution is -0.195. The number of piperidine rings is 1. The third kappa shape index (κ3) is 5.28. The second kappa shape index (κ2) is 9.72. The van der Waals surface area contributed by atoms with Gasteiger partial charge in [0.2, 0.25) is 10.0 Å². The molecule has 1 aromatic heterocycles. The van der Waals surface area contributed by atoms with Crippen LogP contribution >= 0.6 is 0 Å². The van der Waals surface area contributed by atoms with Crippen molar-refractivity contribution in [2.24, 2.45) is 11.3 Å². The number of hydrogen-bond donors (Lipinski definition) is 3. The molecule has 0 bridgehead atoms. The summed E-state index contributed by atoms with van der Waals surface area (Å²) in [4.78, 5) is 27.8. The predicted octanol–water partition coefficient (Wildman–Crippen LogP) is 3.58.